The van der Waals surface area contributed by atoms with Crippen LogP contribution >= 0.6 is 0 Å². The number of hydrogen-bond acceptors (Lipinski definition) is 5. The number of aromatic nitrogens is 5. The lowest BCUT2D eigenvalue weighted by Gasteiger charge is -1.97. The number of nitrogens with two attached hydrogens (primary N) is 1. The van der Waals surface area contributed by atoms with Gasteiger partial charge in [0.05, 0.1) is 6.33 Å². The molecule has 0 atom stereocenters. The predicted octanol–water partition coefficient (Wildman–Crippen LogP) is 0.600. The molecule has 0 radical (unpaired) electrons. The largest absolute Gasteiger partial charge is 0.399 e. The second-order valence-corrected chi connectivity index (χ2v) is 3.90. The highest BCUT2D eigenvalue weighted by Gasteiger charge is 2.06. The van der Waals surface area contributed by atoms with E-state index in [1.165, 1.54) is 23.4 Å². The first-order valence-corrected chi connectivity index (χ1v) is 5.55. The predicted molar refractivity (Wildman–Crippen MR) is 69.6 cm³/mol. The van der Waals surface area contributed by atoms with Crippen LogP contribution in [0.2, 0.25) is 0 Å². The molecule has 0 aliphatic rings. The van der Waals surface area contributed by atoms with Crippen LogP contribution in [0.3, 0.4) is 0 Å². The van der Waals surface area contributed by atoms with Crippen LogP contribution in [0.1, 0.15) is 0 Å². The van der Waals surface area contributed by atoms with E-state index < -0.39 is 0 Å². The van der Waals surface area contributed by atoms with Crippen molar-refractivity contribution in [1.82, 2.24) is 24.7 Å². The van der Waals surface area contributed by atoms with Crippen molar-refractivity contribution in [3.8, 4) is 17.2 Å². The lowest BCUT2D eigenvalue weighted by Crippen LogP contribution is -2.08. The van der Waals surface area contributed by atoms with Gasteiger partial charge in [0.25, 0.3) is 5.56 Å². The van der Waals surface area contributed by atoms with E-state index in [1.54, 1.807) is 12.1 Å². The van der Waals surface area contributed by atoms with Gasteiger partial charge in [-0.1, -0.05) is 0 Å². The van der Waals surface area contributed by atoms with E-state index in [1.807, 2.05) is 12.1 Å². The third kappa shape index (κ3) is 2.21. The topological polar surface area (TPSA) is 102 Å². The van der Waals surface area contributed by atoms with Gasteiger partial charge in [-0.2, -0.15) is 0 Å². The number of aromatic amines is 1. The van der Waals surface area contributed by atoms with Gasteiger partial charge in [0, 0.05) is 17.3 Å². The van der Waals surface area contributed by atoms with Gasteiger partial charge in [0.1, 0.15) is 6.33 Å². The van der Waals surface area contributed by atoms with Crippen molar-refractivity contribution >= 4 is 5.69 Å². The Labute approximate surface area is 107 Å². The lowest BCUT2D eigenvalue weighted by molar-refractivity contribution is 0.836. The zero-order valence-corrected chi connectivity index (χ0v) is 9.82. The Hall–Kier alpha value is -2.96. The van der Waals surface area contributed by atoms with E-state index in [9.17, 15) is 4.79 Å². The SMILES string of the molecule is Nc1ccc(-c2ncn(-c3cc(=O)[nH]cn3)n2)cc1. The fraction of sp³-hybridized carbons (Fsp3) is 0. The smallest absolute Gasteiger partial charge is 0.252 e. The van der Waals surface area contributed by atoms with Crippen LogP contribution in [0.4, 0.5) is 5.69 Å². The standard InChI is InChI=1S/C12H10N6O/c13-9-3-1-8(2-4-9)12-16-7-18(17-12)10-5-11(19)15-6-14-10/h1-7H,13H2,(H,14,15,19). The number of nitrogen functional groups attached to an aromatic ring is 1. The summed E-state index contributed by atoms with van der Waals surface area (Å²) < 4.78 is 1.45. The molecule has 0 saturated heterocycles. The zero-order valence-electron chi connectivity index (χ0n) is 9.82. The zero-order chi connectivity index (χ0) is 13.2. The van der Waals surface area contributed by atoms with E-state index in [2.05, 4.69) is 20.1 Å². The van der Waals surface area contributed by atoms with Crippen LogP contribution < -0.4 is 11.3 Å². The van der Waals surface area contributed by atoms with E-state index in [0.29, 0.717) is 17.3 Å². The number of anilines is 1. The van der Waals surface area contributed by atoms with Crippen LogP contribution in [0.25, 0.3) is 17.2 Å². The van der Waals surface area contributed by atoms with Crippen LogP contribution in [0.15, 0.2) is 47.8 Å². The highest BCUT2D eigenvalue weighted by atomic mass is 16.1. The molecule has 0 bridgehead atoms. The molecule has 3 aromatic rings. The number of benzene rings is 1. The molecule has 1 aromatic carbocycles. The minimum Gasteiger partial charge on any atom is -0.399 e. The van der Waals surface area contributed by atoms with Crippen molar-refractivity contribution in [2.24, 2.45) is 0 Å². The average molecular weight is 254 g/mol. The molecule has 94 valence electrons. The second kappa shape index (κ2) is 4.37. The number of rotatable bonds is 2. The average Bonchev–Trinajstić information content (AvgIpc) is 2.89. The Kier molecular flexibility index (Phi) is 2.57. The molecule has 7 nitrogen and oxygen atoms in total. The van der Waals surface area contributed by atoms with Gasteiger partial charge in [-0.25, -0.2) is 14.6 Å². The fourth-order valence-corrected chi connectivity index (χ4v) is 1.62. The van der Waals surface area contributed by atoms with Gasteiger partial charge in [-0.3, -0.25) is 4.79 Å². The van der Waals surface area contributed by atoms with Crippen molar-refractivity contribution in [2.45, 2.75) is 0 Å². The molecule has 0 fully saturated rings. The first-order valence-electron chi connectivity index (χ1n) is 5.55. The van der Waals surface area contributed by atoms with E-state index in [4.69, 9.17) is 5.73 Å². The number of nitrogens with one attached hydrogen (secondary N) is 1. The molecule has 0 spiro atoms. The highest BCUT2D eigenvalue weighted by molar-refractivity contribution is 5.58. The summed E-state index contributed by atoms with van der Waals surface area (Å²) >= 11 is 0. The maximum atomic E-state index is 11.2. The Morgan fingerprint density at radius 3 is 2.68 bits per heavy atom. The van der Waals surface area contributed by atoms with Crippen LogP contribution in [0, 0.1) is 0 Å². The van der Waals surface area contributed by atoms with Gasteiger partial charge < -0.3 is 10.7 Å². The van der Waals surface area contributed by atoms with Crippen LogP contribution in [-0.4, -0.2) is 24.7 Å². The molecule has 0 aliphatic carbocycles. The van der Waals surface area contributed by atoms with Crippen molar-refractivity contribution in [3.63, 3.8) is 0 Å². The quantitative estimate of drug-likeness (QED) is 0.652. The molecule has 0 saturated carbocycles. The Bertz CT molecular complexity index is 758. The number of H-pyrrole nitrogens is 1. The van der Waals surface area contributed by atoms with Crippen molar-refractivity contribution in [2.75, 3.05) is 5.73 Å². The van der Waals surface area contributed by atoms with Crippen LogP contribution in [0.5, 0.6) is 0 Å². The Morgan fingerprint density at radius 1 is 1.16 bits per heavy atom. The summed E-state index contributed by atoms with van der Waals surface area (Å²) in [4.78, 5) is 21.8. The summed E-state index contributed by atoms with van der Waals surface area (Å²) in [5.74, 6) is 0.958. The molecule has 2 aromatic heterocycles. The third-order valence-corrected chi connectivity index (χ3v) is 2.56. The molecule has 7 heteroatoms. The molecule has 3 rings (SSSR count). The molecule has 2 heterocycles. The molecule has 0 unspecified atom stereocenters. The summed E-state index contributed by atoms with van der Waals surface area (Å²) in [6.45, 7) is 0. The summed E-state index contributed by atoms with van der Waals surface area (Å²) in [6.07, 6.45) is 2.83. The van der Waals surface area contributed by atoms with E-state index >= 15 is 0 Å². The van der Waals surface area contributed by atoms with Crippen molar-refractivity contribution in [1.29, 1.82) is 0 Å². The molecule has 19 heavy (non-hydrogen) atoms. The molecular weight excluding hydrogens is 244 g/mol. The third-order valence-electron chi connectivity index (χ3n) is 2.56. The minimum absolute atomic E-state index is 0.241. The van der Waals surface area contributed by atoms with E-state index in [0.717, 1.165) is 5.56 Å². The monoisotopic (exact) mass is 254 g/mol. The maximum absolute atomic E-state index is 11.2. The Balaban J connectivity index is 1.99. The first-order chi connectivity index (χ1) is 9.22. The normalized spacial score (nSPS) is 10.5. The summed E-state index contributed by atoms with van der Waals surface area (Å²) in [6, 6.07) is 8.57. The summed E-state index contributed by atoms with van der Waals surface area (Å²) in [5.41, 5.74) is 6.91. The lowest BCUT2D eigenvalue weighted by atomic mass is 10.2. The number of hydrogen-bond donors (Lipinski definition) is 2. The molecular formula is C12H10N6O. The first kappa shape index (κ1) is 11.1. The molecule has 3 N–H and O–H groups in total. The fourth-order valence-electron chi connectivity index (χ4n) is 1.62. The van der Waals surface area contributed by atoms with E-state index in [-0.39, 0.29) is 5.56 Å². The molecule has 0 aliphatic heterocycles. The van der Waals surface area contributed by atoms with Gasteiger partial charge >= 0.3 is 0 Å². The van der Waals surface area contributed by atoms with Gasteiger partial charge in [0.15, 0.2) is 11.6 Å². The molecule has 0 amide bonds. The maximum Gasteiger partial charge on any atom is 0.252 e. The van der Waals surface area contributed by atoms with Crippen LogP contribution in [-0.2, 0) is 0 Å². The minimum atomic E-state index is -0.241. The van der Waals surface area contributed by atoms with Gasteiger partial charge in [-0.15, -0.1) is 5.10 Å². The van der Waals surface area contributed by atoms with Gasteiger partial charge in [-0.05, 0) is 24.3 Å². The number of nitrogens with zero attached hydrogens (tertiary/aromatic N) is 4. The Morgan fingerprint density at radius 2 is 1.95 bits per heavy atom. The summed E-state index contributed by atoms with van der Waals surface area (Å²) in [7, 11) is 0. The van der Waals surface area contributed by atoms with Crippen molar-refractivity contribution < 1.29 is 0 Å². The second-order valence-electron chi connectivity index (χ2n) is 3.90. The van der Waals surface area contributed by atoms with Gasteiger partial charge in [0.2, 0.25) is 0 Å². The van der Waals surface area contributed by atoms with Crippen molar-refractivity contribution in [3.05, 3.63) is 53.3 Å². The summed E-state index contributed by atoms with van der Waals surface area (Å²) in [5, 5.41) is 4.27. The highest BCUT2D eigenvalue weighted by Crippen LogP contribution is 2.16.